The molecule has 3 unspecified atom stereocenters. The van der Waals surface area contributed by atoms with Gasteiger partial charge in [0, 0.05) is 20.1 Å². The lowest BCUT2D eigenvalue weighted by Gasteiger charge is -2.40. The summed E-state index contributed by atoms with van der Waals surface area (Å²) in [4.78, 5) is 11.5. The van der Waals surface area contributed by atoms with Crippen molar-refractivity contribution in [1.82, 2.24) is 0 Å². The molecule has 0 aromatic heterocycles. The Hall–Kier alpha value is -0.320. The lowest BCUT2D eigenvalue weighted by molar-refractivity contribution is -0.545. The summed E-state index contributed by atoms with van der Waals surface area (Å²) in [5.74, 6) is -2.43. The Balaban J connectivity index is 5.93. The smallest absolute Gasteiger partial charge is 0.339 e. The predicted octanol–water partition coefficient (Wildman–Crippen LogP) is 6.21. The average molecular weight is 495 g/mol. The first-order valence-corrected chi connectivity index (χ1v) is 13.0. The molecule has 34 heavy (non-hydrogen) atoms. The van der Waals surface area contributed by atoms with Crippen molar-refractivity contribution in [3.05, 3.63) is 0 Å². The van der Waals surface area contributed by atoms with Gasteiger partial charge < -0.3 is 28.4 Å². The van der Waals surface area contributed by atoms with Crippen LogP contribution in [0.5, 0.6) is 0 Å². The van der Waals surface area contributed by atoms with Crippen LogP contribution in [0.4, 0.5) is 0 Å². The first-order valence-electron chi connectivity index (χ1n) is 13.0. The lowest BCUT2D eigenvalue weighted by atomic mass is 10.1. The van der Waals surface area contributed by atoms with Crippen molar-refractivity contribution in [2.45, 2.75) is 131 Å². The molecule has 8 nitrogen and oxygen atoms in total. The van der Waals surface area contributed by atoms with Crippen molar-refractivity contribution in [2.24, 2.45) is 5.92 Å². The maximum Gasteiger partial charge on any atom is 0.339 e. The highest BCUT2D eigenvalue weighted by Crippen LogP contribution is 2.33. The van der Waals surface area contributed by atoms with E-state index in [2.05, 4.69) is 20.8 Å². The lowest BCUT2D eigenvalue weighted by Crippen LogP contribution is -2.53. The Morgan fingerprint density at radius 3 is 1.91 bits per heavy atom. The summed E-state index contributed by atoms with van der Waals surface area (Å²) in [6.07, 6.45) is 2.79. The largest absolute Gasteiger partial charge is 0.373 e. The third-order valence-corrected chi connectivity index (χ3v) is 4.52. The Labute approximate surface area is 209 Å². The SMILES string of the molecule is CCCCOC(CCC(OC)C(OCC)(OCCC)OOC(C)(C)C)(OCC(C)C)OC(C)C. The van der Waals surface area contributed by atoms with Gasteiger partial charge in [0.2, 0.25) is 0 Å². The van der Waals surface area contributed by atoms with Crippen LogP contribution in [-0.2, 0) is 38.2 Å². The Morgan fingerprint density at radius 2 is 1.44 bits per heavy atom. The van der Waals surface area contributed by atoms with Crippen molar-refractivity contribution in [3.63, 3.8) is 0 Å². The van der Waals surface area contributed by atoms with Crippen LogP contribution in [0.2, 0.25) is 0 Å². The van der Waals surface area contributed by atoms with Gasteiger partial charge in [0.15, 0.2) is 0 Å². The van der Waals surface area contributed by atoms with Gasteiger partial charge in [0.1, 0.15) is 6.10 Å². The monoisotopic (exact) mass is 494 g/mol. The molecule has 0 aromatic carbocycles. The van der Waals surface area contributed by atoms with Gasteiger partial charge in [-0.3, -0.25) is 0 Å². The quantitative estimate of drug-likeness (QED) is 0.0806. The van der Waals surface area contributed by atoms with E-state index in [1.807, 2.05) is 48.5 Å². The molecule has 0 aromatic rings. The second-order valence-corrected chi connectivity index (χ2v) is 10.2. The molecule has 8 heteroatoms. The van der Waals surface area contributed by atoms with Crippen molar-refractivity contribution in [1.29, 1.82) is 0 Å². The molecule has 0 bridgehead atoms. The molecule has 0 fully saturated rings. The standard InChI is InChI=1S/C26H54O8/c1-12-15-19-29-25(32-22(6)7,31-20-21(4)5)17-16-23(27-11)26(28-14-3,30-18-13-2)34-33-24(8,9)10/h21-23H,12-20H2,1-11H3. The summed E-state index contributed by atoms with van der Waals surface area (Å²) in [6.45, 7) is 21.7. The third-order valence-electron chi connectivity index (χ3n) is 4.52. The van der Waals surface area contributed by atoms with Gasteiger partial charge in [-0.15, -0.1) is 0 Å². The highest BCUT2D eigenvalue weighted by molar-refractivity contribution is 4.75. The number of methoxy groups -OCH3 is 1. The van der Waals surface area contributed by atoms with Gasteiger partial charge in [0.05, 0.1) is 31.5 Å². The van der Waals surface area contributed by atoms with Crippen LogP contribution < -0.4 is 0 Å². The first-order chi connectivity index (χ1) is 15.9. The summed E-state index contributed by atoms with van der Waals surface area (Å²) in [5, 5.41) is 0. The van der Waals surface area contributed by atoms with E-state index in [9.17, 15) is 0 Å². The number of hydrogen-bond acceptors (Lipinski definition) is 8. The fourth-order valence-electron chi connectivity index (χ4n) is 3.04. The number of hydrogen-bond donors (Lipinski definition) is 0. The second-order valence-electron chi connectivity index (χ2n) is 10.2. The van der Waals surface area contributed by atoms with Gasteiger partial charge in [-0.1, -0.05) is 34.1 Å². The van der Waals surface area contributed by atoms with Crippen LogP contribution in [0.3, 0.4) is 0 Å². The zero-order valence-corrected chi connectivity index (χ0v) is 23.9. The molecule has 0 saturated carbocycles. The minimum Gasteiger partial charge on any atom is -0.373 e. The van der Waals surface area contributed by atoms with Gasteiger partial charge in [-0.05, 0) is 66.7 Å². The summed E-state index contributed by atoms with van der Waals surface area (Å²) in [5.41, 5.74) is -0.565. The van der Waals surface area contributed by atoms with Gasteiger partial charge in [-0.2, -0.15) is 4.89 Å². The fourth-order valence-corrected chi connectivity index (χ4v) is 3.04. The van der Waals surface area contributed by atoms with Crippen LogP contribution in [0.1, 0.15) is 101 Å². The van der Waals surface area contributed by atoms with Crippen LogP contribution in [0, 0.1) is 5.92 Å². The normalized spacial score (nSPS) is 17.2. The Bertz CT molecular complexity index is 494. The molecule has 0 spiro atoms. The van der Waals surface area contributed by atoms with Crippen molar-refractivity contribution < 1.29 is 38.2 Å². The summed E-state index contributed by atoms with van der Waals surface area (Å²) in [7, 11) is 1.60. The van der Waals surface area contributed by atoms with E-state index >= 15 is 0 Å². The molecule has 206 valence electrons. The van der Waals surface area contributed by atoms with E-state index in [4.69, 9.17) is 38.2 Å². The number of unbranched alkanes of at least 4 members (excludes halogenated alkanes) is 1. The van der Waals surface area contributed by atoms with Gasteiger partial charge >= 0.3 is 5.97 Å². The zero-order chi connectivity index (χ0) is 26.3. The summed E-state index contributed by atoms with van der Waals surface area (Å²) >= 11 is 0. The molecule has 0 amide bonds. The molecule has 3 atom stereocenters. The Kier molecular flexibility index (Phi) is 17.0. The molecular weight excluding hydrogens is 440 g/mol. The second kappa shape index (κ2) is 17.2. The first kappa shape index (κ1) is 33.7. The topological polar surface area (TPSA) is 73.8 Å². The zero-order valence-electron chi connectivity index (χ0n) is 23.9. The van der Waals surface area contributed by atoms with E-state index in [1.54, 1.807) is 7.11 Å². The van der Waals surface area contributed by atoms with Crippen molar-refractivity contribution in [3.8, 4) is 0 Å². The number of rotatable bonds is 21. The maximum absolute atomic E-state index is 6.26. The molecule has 0 radical (unpaired) electrons. The molecule has 0 saturated heterocycles. The number of ether oxygens (including phenoxy) is 6. The van der Waals surface area contributed by atoms with Gasteiger partial charge in [0.25, 0.3) is 5.97 Å². The molecule has 0 rings (SSSR count). The molecular formula is C26H54O8. The van der Waals surface area contributed by atoms with E-state index in [0.717, 1.165) is 19.3 Å². The van der Waals surface area contributed by atoms with E-state index in [0.29, 0.717) is 45.2 Å². The molecule has 0 aliphatic carbocycles. The van der Waals surface area contributed by atoms with Crippen LogP contribution in [0.15, 0.2) is 0 Å². The van der Waals surface area contributed by atoms with Crippen LogP contribution in [-0.4, -0.2) is 63.3 Å². The minimum atomic E-state index is -1.54. The molecule has 0 N–H and O–H groups in total. The van der Waals surface area contributed by atoms with E-state index in [1.165, 1.54) is 0 Å². The summed E-state index contributed by atoms with van der Waals surface area (Å²) in [6, 6.07) is 0. The maximum atomic E-state index is 6.26. The van der Waals surface area contributed by atoms with Crippen molar-refractivity contribution in [2.75, 3.05) is 33.5 Å². The van der Waals surface area contributed by atoms with Crippen LogP contribution in [0.25, 0.3) is 0 Å². The predicted molar refractivity (Wildman–Crippen MR) is 133 cm³/mol. The fraction of sp³-hybridized carbons (Fsp3) is 1.00. The molecule has 0 heterocycles. The highest BCUT2D eigenvalue weighted by Gasteiger charge is 2.48. The van der Waals surface area contributed by atoms with E-state index < -0.39 is 23.7 Å². The average Bonchev–Trinajstić information content (AvgIpc) is 2.74. The Morgan fingerprint density at radius 1 is 0.765 bits per heavy atom. The van der Waals surface area contributed by atoms with Crippen molar-refractivity contribution >= 4 is 0 Å². The highest BCUT2D eigenvalue weighted by atomic mass is 17.3. The molecule has 0 aliphatic heterocycles. The summed E-state index contributed by atoms with van der Waals surface area (Å²) < 4.78 is 36.7. The third kappa shape index (κ3) is 13.7. The minimum absolute atomic E-state index is 0.0942. The van der Waals surface area contributed by atoms with E-state index in [-0.39, 0.29) is 6.10 Å². The molecule has 0 aliphatic rings. The van der Waals surface area contributed by atoms with Crippen LogP contribution >= 0.6 is 0 Å². The van der Waals surface area contributed by atoms with Gasteiger partial charge in [-0.25, -0.2) is 4.89 Å².